The minimum Gasteiger partial charge on any atom is -0.444 e. The van der Waals surface area contributed by atoms with Crippen molar-refractivity contribution in [2.45, 2.75) is 51.7 Å². The molecule has 0 spiro atoms. The van der Waals surface area contributed by atoms with Crippen LogP contribution in [0.25, 0.3) is 0 Å². The Bertz CT molecular complexity index is 410. The van der Waals surface area contributed by atoms with Crippen LogP contribution in [-0.4, -0.2) is 23.5 Å². The fourth-order valence-corrected chi connectivity index (χ4v) is 3.20. The van der Waals surface area contributed by atoms with Gasteiger partial charge in [0.15, 0.2) is 0 Å². The molecule has 4 nitrogen and oxygen atoms in total. The summed E-state index contributed by atoms with van der Waals surface area (Å²) in [5.74, 6) is 1.14. The SMILES string of the molecule is CC(C)(C)OC(=O)NC(C)(C=O)C1CC2C=CC1C2. The van der Waals surface area contributed by atoms with E-state index < -0.39 is 17.2 Å². The largest absolute Gasteiger partial charge is 0.444 e. The van der Waals surface area contributed by atoms with Gasteiger partial charge in [-0.3, -0.25) is 0 Å². The molecule has 0 aliphatic heterocycles. The van der Waals surface area contributed by atoms with Gasteiger partial charge in [-0.25, -0.2) is 4.79 Å². The van der Waals surface area contributed by atoms with E-state index in [1.54, 1.807) is 6.92 Å². The second kappa shape index (κ2) is 4.66. The smallest absolute Gasteiger partial charge is 0.408 e. The predicted molar refractivity (Wildman–Crippen MR) is 72.7 cm³/mol. The van der Waals surface area contributed by atoms with E-state index in [4.69, 9.17) is 4.74 Å². The highest BCUT2D eigenvalue weighted by Crippen LogP contribution is 2.47. The van der Waals surface area contributed by atoms with E-state index in [1.807, 2.05) is 20.8 Å². The van der Waals surface area contributed by atoms with Crippen molar-refractivity contribution in [3.8, 4) is 0 Å². The Morgan fingerprint density at radius 3 is 2.37 bits per heavy atom. The number of nitrogens with one attached hydrogen (secondary N) is 1. The molecule has 1 fully saturated rings. The standard InChI is InChI=1S/C15H23NO3/c1-14(2,3)19-13(18)16-15(4,9-17)12-8-10-5-6-11(12)7-10/h5-6,9-12H,7-8H2,1-4H3,(H,16,18). The van der Waals surface area contributed by atoms with Crippen molar-refractivity contribution < 1.29 is 14.3 Å². The Morgan fingerprint density at radius 2 is 1.95 bits per heavy atom. The average molecular weight is 265 g/mol. The van der Waals surface area contributed by atoms with Crippen LogP contribution in [-0.2, 0) is 9.53 Å². The molecule has 1 saturated carbocycles. The quantitative estimate of drug-likeness (QED) is 0.630. The monoisotopic (exact) mass is 265 g/mol. The van der Waals surface area contributed by atoms with Gasteiger partial charge in [-0.1, -0.05) is 12.2 Å². The third kappa shape index (κ3) is 2.99. The Morgan fingerprint density at radius 1 is 1.26 bits per heavy atom. The van der Waals surface area contributed by atoms with Crippen molar-refractivity contribution in [1.82, 2.24) is 5.32 Å². The molecule has 0 aromatic heterocycles. The minimum atomic E-state index is -0.841. The molecule has 4 atom stereocenters. The zero-order valence-corrected chi connectivity index (χ0v) is 12.1. The van der Waals surface area contributed by atoms with Crippen molar-refractivity contribution in [2.75, 3.05) is 0 Å². The van der Waals surface area contributed by atoms with Gasteiger partial charge in [0, 0.05) is 0 Å². The first-order valence-corrected chi connectivity index (χ1v) is 6.89. The highest BCUT2D eigenvalue weighted by Gasteiger charge is 2.47. The summed E-state index contributed by atoms with van der Waals surface area (Å²) in [6.07, 6.45) is 6.80. The van der Waals surface area contributed by atoms with E-state index in [2.05, 4.69) is 17.5 Å². The predicted octanol–water partition coefficient (Wildman–Crippen LogP) is 2.68. The molecule has 4 heteroatoms. The molecule has 19 heavy (non-hydrogen) atoms. The first-order chi connectivity index (χ1) is 8.73. The normalized spacial score (nSPS) is 31.9. The Kier molecular flexibility index (Phi) is 3.45. The Hall–Kier alpha value is -1.32. The van der Waals surface area contributed by atoms with Gasteiger partial charge in [0.25, 0.3) is 0 Å². The lowest BCUT2D eigenvalue weighted by Crippen LogP contribution is -2.55. The maximum Gasteiger partial charge on any atom is 0.408 e. The Balaban J connectivity index is 2.04. The van der Waals surface area contributed by atoms with E-state index in [0.717, 1.165) is 19.1 Å². The maximum atomic E-state index is 11.9. The van der Waals surface area contributed by atoms with Crippen molar-refractivity contribution in [1.29, 1.82) is 0 Å². The third-order valence-electron chi connectivity index (χ3n) is 4.06. The highest BCUT2D eigenvalue weighted by atomic mass is 16.6. The molecule has 2 aliphatic rings. The molecule has 0 radical (unpaired) electrons. The van der Waals surface area contributed by atoms with Gasteiger partial charge in [-0.15, -0.1) is 0 Å². The molecule has 1 N–H and O–H groups in total. The lowest BCUT2D eigenvalue weighted by molar-refractivity contribution is -0.115. The second-order valence-corrected chi connectivity index (χ2v) is 6.91. The van der Waals surface area contributed by atoms with Gasteiger partial charge in [0.05, 0.1) is 5.54 Å². The maximum absolute atomic E-state index is 11.9. The van der Waals surface area contributed by atoms with Crippen LogP contribution in [0, 0.1) is 17.8 Å². The number of aldehydes is 1. The summed E-state index contributed by atoms with van der Waals surface area (Å²) in [5, 5.41) is 2.76. The minimum absolute atomic E-state index is 0.174. The Labute approximate surface area is 114 Å². The molecule has 0 aromatic rings. The van der Waals surface area contributed by atoms with Crippen molar-refractivity contribution in [3.63, 3.8) is 0 Å². The number of alkyl carbamates (subject to hydrolysis) is 1. The molecule has 4 unspecified atom stereocenters. The average Bonchev–Trinajstić information content (AvgIpc) is 2.87. The van der Waals surface area contributed by atoms with Crippen molar-refractivity contribution in [2.24, 2.45) is 17.8 Å². The summed E-state index contributed by atoms with van der Waals surface area (Å²) in [7, 11) is 0. The molecule has 0 aromatic carbocycles. The number of ether oxygens (including phenoxy) is 1. The van der Waals surface area contributed by atoms with E-state index in [-0.39, 0.29) is 5.92 Å². The van der Waals surface area contributed by atoms with Crippen LogP contribution in [0.3, 0.4) is 0 Å². The van der Waals surface area contributed by atoms with Crippen LogP contribution in [0.15, 0.2) is 12.2 Å². The zero-order valence-electron chi connectivity index (χ0n) is 12.1. The van der Waals surface area contributed by atoms with E-state index in [9.17, 15) is 9.59 Å². The first-order valence-electron chi connectivity index (χ1n) is 6.89. The molecule has 106 valence electrons. The molecule has 0 heterocycles. The topological polar surface area (TPSA) is 55.4 Å². The van der Waals surface area contributed by atoms with Gasteiger partial charge < -0.3 is 14.8 Å². The molecule has 2 aliphatic carbocycles. The van der Waals surface area contributed by atoms with E-state index >= 15 is 0 Å². The summed E-state index contributed by atoms with van der Waals surface area (Å²) in [6, 6.07) is 0. The van der Waals surface area contributed by atoms with Crippen LogP contribution in [0.1, 0.15) is 40.5 Å². The number of fused-ring (bicyclic) bond motifs is 2. The number of carbonyl (C=O) groups is 2. The molecule has 2 bridgehead atoms. The van der Waals surface area contributed by atoms with Crippen LogP contribution in [0.4, 0.5) is 4.79 Å². The van der Waals surface area contributed by atoms with Gasteiger partial charge in [-0.05, 0) is 58.3 Å². The summed E-state index contributed by atoms with van der Waals surface area (Å²) < 4.78 is 5.25. The summed E-state index contributed by atoms with van der Waals surface area (Å²) in [5.41, 5.74) is -1.39. The van der Waals surface area contributed by atoms with Gasteiger partial charge in [-0.2, -0.15) is 0 Å². The molecule has 0 saturated heterocycles. The third-order valence-corrected chi connectivity index (χ3v) is 4.06. The number of allylic oxidation sites excluding steroid dienone is 2. The second-order valence-electron chi connectivity index (χ2n) is 6.91. The molecular weight excluding hydrogens is 242 g/mol. The van der Waals surface area contributed by atoms with Crippen molar-refractivity contribution >= 4 is 12.4 Å². The fraction of sp³-hybridized carbons (Fsp3) is 0.733. The number of amides is 1. The van der Waals surface area contributed by atoms with E-state index in [1.165, 1.54) is 0 Å². The number of hydrogen-bond donors (Lipinski definition) is 1. The number of hydrogen-bond acceptors (Lipinski definition) is 3. The van der Waals surface area contributed by atoms with Crippen LogP contribution in [0.2, 0.25) is 0 Å². The summed E-state index contributed by atoms with van der Waals surface area (Å²) in [4.78, 5) is 23.4. The highest BCUT2D eigenvalue weighted by molar-refractivity contribution is 5.76. The van der Waals surface area contributed by atoms with Crippen LogP contribution >= 0.6 is 0 Å². The number of rotatable bonds is 3. The summed E-state index contributed by atoms with van der Waals surface area (Å²) >= 11 is 0. The molecule has 2 rings (SSSR count). The van der Waals surface area contributed by atoms with Gasteiger partial charge >= 0.3 is 6.09 Å². The fourth-order valence-electron chi connectivity index (χ4n) is 3.20. The van der Waals surface area contributed by atoms with Crippen molar-refractivity contribution in [3.05, 3.63) is 12.2 Å². The van der Waals surface area contributed by atoms with Crippen LogP contribution < -0.4 is 5.32 Å². The zero-order chi connectivity index (χ0) is 14.3. The van der Waals surface area contributed by atoms with E-state index in [0.29, 0.717) is 11.8 Å². The summed E-state index contributed by atoms with van der Waals surface area (Å²) in [6.45, 7) is 7.23. The lowest BCUT2D eigenvalue weighted by Gasteiger charge is -2.35. The number of carbonyl (C=O) groups excluding carboxylic acids is 2. The molecule has 1 amide bonds. The van der Waals surface area contributed by atoms with Gasteiger partial charge in [0.2, 0.25) is 0 Å². The van der Waals surface area contributed by atoms with Crippen LogP contribution in [0.5, 0.6) is 0 Å². The molecular formula is C15H23NO3. The van der Waals surface area contributed by atoms with Gasteiger partial charge in [0.1, 0.15) is 11.9 Å². The first kappa shape index (κ1) is 14.1. The lowest BCUT2D eigenvalue weighted by atomic mass is 9.78.